The summed E-state index contributed by atoms with van der Waals surface area (Å²) in [5.41, 5.74) is 1.12. The number of carbonyl (C=O) groups excluding carboxylic acids is 1. The second-order valence-electron chi connectivity index (χ2n) is 4.53. The zero-order valence-electron chi connectivity index (χ0n) is 10.7. The van der Waals surface area contributed by atoms with Gasteiger partial charge in [-0.3, -0.25) is 4.79 Å². The van der Waals surface area contributed by atoms with Crippen molar-refractivity contribution in [3.05, 3.63) is 29.8 Å². The third-order valence-corrected chi connectivity index (χ3v) is 3.84. The Bertz CT molecular complexity index is 436. The minimum absolute atomic E-state index is 0.0976. The van der Waals surface area contributed by atoms with Gasteiger partial charge in [0.15, 0.2) is 0 Å². The van der Waals surface area contributed by atoms with Crippen LogP contribution in [0.1, 0.15) is 31.9 Å². The van der Waals surface area contributed by atoms with Crippen LogP contribution < -0.4 is 4.74 Å². The van der Waals surface area contributed by atoms with E-state index in [2.05, 4.69) is 22.9 Å². The van der Waals surface area contributed by atoms with E-state index in [4.69, 9.17) is 4.74 Å². The molecule has 2 atom stereocenters. The minimum atomic E-state index is 0.0976. The summed E-state index contributed by atoms with van der Waals surface area (Å²) in [6.07, 6.45) is 0.593. The van der Waals surface area contributed by atoms with Gasteiger partial charge in [-0.2, -0.15) is 0 Å². The molecule has 1 aliphatic rings. The standard InChI is InChI=1S/C14H18BrNO2/c1-3-18-13-6-4-5-11(7-13)10(2)16-9-12(15)8-14(16)17/h4-7,10,12H,3,8-9H2,1-2H3. The molecule has 0 saturated carbocycles. The molecular formula is C14H18BrNO2. The van der Waals surface area contributed by atoms with Crippen molar-refractivity contribution in [3.8, 4) is 5.75 Å². The number of nitrogens with zero attached hydrogens (tertiary/aromatic N) is 1. The van der Waals surface area contributed by atoms with Crippen LogP contribution in [0, 0.1) is 0 Å². The first-order valence-corrected chi connectivity index (χ1v) is 7.19. The van der Waals surface area contributed by atoms with Gasteiger partial charge >= 0.3 is 0 Å². The fourth-order valence-corrected chi connectivity index (χ4v) is 2.86. The third-order valence-electron chi connectivity index (χ3n) is 3.23. The Balaban J connectivity index is 2.15. The van der Waals surface area contributed by atoms with Crippen molar-refractivity contribution in [1.29, 1.82) is 0 Å². The predicted octanol–water partition coefficient (Wildman–Crippen LogP) is 3.14. The van der Waals surface area contributed by atoms with Crippen molar-refractivity contribution < 1.29 is 9.53 Å². The molecule has 1 aromatic rings. The lowest BCUT2D eigenvalue weighted by atomic mass is 10.1. The van der Waals surface area contributed by atoms with Gasteiger partial charge in [-0.1, -0.05) is 28.1 Å². The summed E-state index contributed by atoms with van der Waals surface area (Å²) in [6, 6.07) is 8.08. The average molecular weight is 312 g/mol. The number of rotatable bonds is 4. The Morgan fingerprint density at radius 1 is 1.56 bits per heavy atom. The highest BCUT2D eigenvalue weighted by Crippen LogP contribution is 2.29. The Kier molecular flexibility index (Phi) is 4.27. The molecule has 98 valence electrons. The molecule has 1 amide bonds. The van der Waals surface area contributed by atoms with E-state index in [1.54, 1.807) is 0 Å². The van der Waals surface area contributed by atoms with Gasteiger partial charge in [0.1, 0.15) is 5.75 Å². The monoisotopic (exact) mass is 311 g/mol. The van der Waals surface area contributed by atoms with E-state index in [1.807, 2.05) is 36.1 Å². The maximum absolute atomic E-state index is 11.9. The normalized spacial score (nSPS) is 21.2. The molecule has 1 aromatic carbocycles. The van der Waals surface area contributed by atoms with Crippen LogP contribution in [-0.4, -0.2) is 28.8 Å². The van der Waals surface area contributed by atoms with Crippen molar-refractivity contribution in [2.75, 3.05) is 13.2 Å². The van der Waals surface area contributed by atoms with E-state index in [-0.39, 0.29) is 16.8 Å². The Morgan fingerprint density at radius 2 is 2.33 bits per heavy atom. The van der Waals surface area contributed by atoms with Crippen LogP contribution in [0.25, 0.3) is 0 Å². The van der Waals surface area contributed by atoms with Crippen molar-refractivity contribution in [1.82, 2.24) is 4.90 Å². The van der Waals surface area contributed by atoms with Crippen molar-refractivity contribution in [2.45, 2.75) is 31.1 Å². The number of amides is 1. The number of hydrogen-bond donors (Lipinski definition) is 0. The Labute approximate surface area is 116 Å². The van der Waals surface area contributed by atoms with Crippen LogP contribution in [0.4, 0.5) is 0 Å². The molecule has 4 heteroatoms. The van der Waals surface area contributed by atoms with Gasteiger partial charge in [0, 0.05) is 17.8 Å². The van der Waals surface area contributed by atoms with Crippen LogP contribution in [0.15, 0.2) is 24.3 Å². The summed E-state index contributed by atoms with van der Waals surface area (Å²) in [5.74, 6) is 1.08. The van der Waals surface area contributed by atoms with Crippen LogP contribution in [-0.2, 0) is 4.79 Å². The topological polar surface area (TPSA) is 29.5 Å². The molecule has 1 fully saturated rings. The molecule has 2 unspecified atom stereocenters. The molecular weight excluding hydrogens is 294 g/mol. The molecule has 1 aliphatic heterocycles. The molecule has 18 heavy (non-hydrogen) atoms. The van der Waals surface area contributed by atoms with Gasteiger partial charge in [0.2, 0.25) is 5.91 Å². The highest BCUT2D eigenvalue weighted by atomic mass is 79.9. The van der Waals surface area contributed by atoms with E-state index in [0.717, 1.165) is 17.9 Å². The first-order chi connectivity index (χ1) is 8.61. The van der Waals surface area contributed by atoms with Gasteiger partial charge in [-0.05, 0) is 31.5 Å². The van der Waals surface area contributed by atoms with Crippen LogP contribution in [0.5, 0.6) is 5.75 Å². The maximum Gasteiger partial charge on any atom is 0.224 e. The highest BCUT2D eigenvalue weighted by molar-refractivity contribution is 9.09. The number of hydrogen-bond acceptors (Lipinski definition) is 2. The van der Waals surface area contributed by atoms with E-state index < -0.39 is 0 Å². The summed E-state index contributed by atoms with van der Waals surface area (Å²) in [4.78, 5) is 14.1. The summed E-state index contributed by atoms with van der Waals surface area (Å²) in [6.45, 7) is 5.46. The number of halogens is 1. The molecule has 1 saturated heterocycles. The van der Waals surface area contributed by atoms with Gasteiger partial charge in [-0.15, -0.1) is 0 Å². The maximum atomic E-state index is 11.9. The van der Waals surface area contributed by atoms with Crippen molar-refractivity contribution in [2.24, 2.45) is 0 Å². The minimum Gasteiger partial charge on any atom is -0.494 e. The van der Waals surface area contributed by atoms with Gasteiger partial charge < -0.3 is 9.64 Å². The van der Waals surface area contributed by atoms with Gasteiger partial charge in [-0.25, -0.2) is 0 Å². The fourth-order valence-electron chi connectivity index (χ4n) is 2.27. The lowest BCUT2D eigenvalue weighted by Gasteiger charge is -2.25. The summed E-state index contributed by atoms with van der Waals surface area (Å²) >= 11 is 3.51. The number of likely N-dealkylation sites (tertiary alicyclic amines) is 1. The van der Waals surface area contributed by atoms with E-state index in [1.165, 1.54) is 0 Å². The zero-order chi connectivity index (χ0) is 13.1. The number of alkyl halides is 1. The van der Waals surface area contributed by atoms with Crippen LogP contribution in [0.3, 0.4) is 0 Å². The lowest BCUT2D eigenvalue weighted by Crippen LogP contribution is -2.28. The van der Waals surface area contributed by atoms with Crippen molar-refractivity contribution in [3.63, 3.8) is 0 Å². The fraction of sp³-hybridized carbons (Fsp3) is 0.500. The first-order valence-electron chi connectivity index (χ1n) is 6.28. The Hall–Kier alpha value is -1.03. The van der Waals surface area contributed by atoms with E-state index >= 15 is 0 Å². The van der Waals surface area contributed by atoms with Crippen molar-refractivity contribution >= 4 is 21.8 Å². The lowest BCUT2D eigenvalue weighted by molar-refractivity contribution is -0.129. The van der Waals surface area contributed by atoms with E-state index in [0.29, 0.717) is 13.0 Å². The summed E-state index contributed by atoms with van der Waals surface area (Å²) in [5, 5.41) is 0. The second kappa shape index (κ2) is 5.74. The van der Waals surface area contributed by atoms with Gasteiger partial charge in [0.05, 0.1) is 12.6 Å². The molecule has 0 aromatic heterocycles. The number of benzene rings is 1. The van der Waals surface area contributed by atoms with Crippen LogP contribution >= 0.6 is 15.9 Å². The quantitative estimate of drug-likeness (QED) is 0.799. The first kappa shape index (κ1) is 13.4. The molecule has 3 nitrogen and oxygen atoms in total. The molecule has 0 bridgehead atoms. The number of carbonyl (C=O) groups is 1. The smallest absolute Gasteiger partial charge is 0.224 e. The van der Waals surface area contributed by atoms with Gasteiger partial charge in [0.25, 0.3) is 0 Å². The molecule has 0 radical (unpaired) electrons. The average Bonchev–Trinajstić information content (AvgIpc) is 2.68. The number of ether oxygens (including phenoxy) is 1. The molecule has 0 N–H and O–H groups in total. The summed E-state index contributed by atoms with van der Waals surface area (Å²) in [7, 11) is 0. The molecule has 0 aliphatic carbocycles. The zero-order valence-corrected chi connectivity index (χ0v) is 12.3. The molecule has 0 spiro atoms. The largest absolute Gasteiger partial charge is 0.494 e. The van der Waals surface area contributed by atoms with Crippen LogP contribution in [0.2, 0.25) is 0 Å². The third kappa shape index (κ3) is 2.86. The second-order valence-corrected chi connectivity index (χ2v) is 5.82. The molecule has 1 heterocycles. The Morgan fingerprint density at radius 3 is 2.94 bits per heavy atom. The van der Waals surface area contributed by atoms with E-state index in [9.17, 15) is 4.79 Å². The highest BCUT2D eigenvalue weighted by Gasteiger charge is 2.31. The molecule has 2 rings (SSSR count). The SMILES string of the molecule is CCOc1cccc(C(C)N2CC(Br)CC2=O)c1. The summed E-state index contributed by atoms with van der Waals surface area (Å²) < 4.78 is 5.49. The predicted molar refractivity (Wildman–Crippen MR) is 75.1 cm³/mol.